The maximum Gasteiger partial charge on any atom is 0.283 e. The Morgan fingerprint density at radius 2 is 2.00 bits per heavy atom. The zero-order valence-corrected chi connectivity index (χ0v) is 9.11. The van der Waals surface area contributed by atoms with Gasteiger partial charge in [0, 0.05) is 5.23 Å². The molecule has 1 aromatic rings. The Labute approximate surface area is 97.2 Å². The second-order valence-electron chi connectivity index (χ2n) is 3.09. The number of hydrogen-bond donors (Lipinski definition) is 0. The fraction of sp³-hybridized carbons (Fsp3) is 0. The molecule has 0 unspecified atom stereocenters. The average Bonchev–Trinajstić information content (AvgIpc) is 2.59. The van der Waals surface area contributed by atoms with Crippen molar-refractivity contribution >= 4 is 29.0 Å². The van der Waals surface area contributed by atoms with Gasteiger partial charge in [-0.2, -0.15) is 0 Å². The quantitative estimate of drug-likeness (QED) is 0.725. The van der Waals surface area contributed by atoms with Crippen molar-refractivity contribution < 1.29 is 9.90 Å². The minimum atomic E-state index is -0.451. The van der Waals surface area contributed by atoms with Gasteiger partial charge in [-0.1, -0.05) is 54.2 Å². The summed E-state index contributed by atoms with van der Waals surface area (Å²) in [6.07, 6.45) is 5.21. The van der Waals surface area contributed by atoms with Crippen LogP contribution in [-0.4, -0.2) is 11.1 Å². The summed E-state index contributed by atoms with van der Waals surface area (Å²) in [4.78, 5) is 14.8. The molecule has 0 atom stereocenters. The Morgan fingerprint density at radius 3 is 2.62 bits per heavy atom. The second kappa shape index (κ2) is 4.81. The van der Waals surface area contributed by atoms with E-state index in [1.807, 2.05) is 36.4 Å². The van der Waals surface area contributed by atoms with E-state index < -0.39 is 11.1 Å². The van der Waals surface area contributed by atoms with Crippen LogP contribution in [-0.2, 0) is 4.79 Å². The van der Waals surface area contributed by atoms with Gasteiger partial charge in [-0.3, -0.25) is 4.79 Å². The second-order valence-corrected chi connectivity index (χ2v) is 4.08. The number of carbonyl (C=O) groups is 1. The lowest BCUT2D eigenvalue weighted by Gasteiger charge is -1.96. The zero-order chi connectivity index (χ0) is 11.4. The first-order chi connectivity index (χ1) is 7.75. The number of aliphatic imine (C=N–C) groups is 1. The van der Waals surface area contributed by atoms with Gasteiger partial charge in [-0.05, 0) is 11.6 Å². The Kier molecular flexibility index (Phi) is 3.22. The SMILES string of the molecule is O=C1N=C([O-])S/C1=C\C=C\c1ccccc1. The van der Waals surface area contributed by atoms with E-state index in [0.717, 1.165) is 17.3 Å². The zero-order valence-electron chi connectivity index (χ0n) is 8.29. The van der Waals surface area contributed by atoms with Gasteiger partial charge in [-0.25, -0.2) is 4.99 Å². The molecule has 16 heavy (non-hydrogen) atoms. The Hall–Kier alpha value is -1.81. The molecule has 0 saturated heterocycles. The standard InChI is InChI=1S/C12H9NO2S/c14-11-10(16-12(15)13-11)8-4-7-9-5-2-1-3-6-9/h1-8H,(H,13,14,15)/p-1/b7-4+,10-8-. The Morgan fingerprint density at radius 1 is 1.25 bits per heavy atom. The number of rotatable bonds is 2. The lowest BCUT2D eigenvalue weighted by atomic mass is 10.2. The molecule has 1 amide bonds. The minimum Gasteiger partial charge on any atom is -0.853 e. The highest BCUT2D eigenvalue weighted by Crippen LogP contribution is 2.23. The molecular weight excluding hydrogens is 222 g/mol. The highest BCUT2D eigenvalue weighted by Gasteiger charge is 2.14. The fourth-order valence-corrected chi connectivity index (χ4v) is 1.81. The van der Waals surface area contributed by atoms with Crippen LogP contribution >= 0.6 is 11.8 Å². The van der Waals surface area contributed by atoms with Crippen molar-refractivity contribution in [3.63, 3.8) is 0 Å². The number of hydrogen-bond acceptors (Lipinski definition) is 3. The average molecular weight is 230 g/mol. The van der Waals surface area contributed by atoms with E-state index in [4.69, 9.17) is 0 Å². The van der Waals surface area contributed by atoms with Crippen LogP contribution < -0.4 is 5.11 Å². The van der Waals surface area contributed by atoms with Gasteiger partial charge in [0.15, 0.2) is 0 Å². The number of benzene rings is 1. The Balaban J connectivity index is 2.06. The van der Waals surface area contributed by atoms with E-state index in [9.17, 15) is 9.90 Å². The molecule has 1 aromatic carbocycles. The summed E-state index contributed by atoms with van der Waals surface area (Å²) in [5, 5.41) is 10.4. The van der Waals surface area contributed by atoms with Crippen LogP contribution in [0.2, 0.25) is 0 Å². The van der Waals surface area contributed by atoms with Crippen LogP contribution in [0.15, 0.2) is 52.4 Å². The molecule has 0 spiro atoms. The third-order valence-electron chi connectivity index (χ3n) is 1.94. The van der Waals surface area contributed by atoms with Crippen LogP contribution in [0.4, 0.5) is 0 Å². The first kappa shape index (κ1) is 10.7. The van der Waals surface area contributed by atoms with Crippen LogP contribution in [0.3, 0.4) is 0 Å². The van der Waals surface area contributed by atoms with Crippen molar-refractivity contribution in [1.29, 1.82) is 0 Å². The molecule has 80 valence electrons. The van der Waals surface area contributed by atoms with Gasteiger partial charge in [-0.15, -0.1) is 0 Å². The third kappa shape index (κ3) is 2.61. The largest absolute Gasteiger partial charge is 0.853 e. The van der Waals surface area contributed by atoms with Crippen LogP contribution in [0, 0.1) is 0 Å². The van der Waals surface area contributed by atoms with Crippen molar-refractivity contribution in [2.45, 2.75) is 0 Å². The summed E-state index contributed by atoms with van der Waals surface area (Å²) < 4.78 is 0. The highest BCUT2D eigenvalue weighted by atomic mass is 32.2. The van der Waals surface area contributed by atoms with Gasteiger partial charge in [0.2, 0.25) is 0 Å². The van der Waals surface area contributed by atoms with Gasteiger partial charge < -0.3 is 5.11 Å². The molecule has 1 aliphatic heterocycles. The summed E-state index contributed by atoms with van der Waals surface area (Å²) in [7, 11) is 0. The molecule has 0 fully saturated rings. The van der Waals surface area contributed by atoms with Crippen LogP contribution in [0.1, 0.15) is 5.56 Å². The van der Waals surface area contributed by atoms with E-state index in [1.54, 1.807) is 12.2 Å². The van der Waals surface area contributed by atoms with Crippen molar-refractivity contribution in [3.05, 3.63) is 53.0 Å². The lowest BCUT2D eigenvalue weighted by molar-refractivity contribution is -0.205. The predicted octanol–water partition coefficient (Wildman–Crippen LogP) is 1.57. The molecule has 0 N–H and O–H groups in total. The fourth-order valence-electron chi connectivity index (χ4n) is 1.21. The first-order valence-electron chi connectivity index (χ1n) is 4.67. The van der Waals surface area contributed by atoms with E-state index in [0.29, 0.717) is 4.91 Å². The van der Waals surface area contributed by atoms with Crippen LogP contribution in [0.5, 0.6) is 0 Å². The van der Waals surface area contributed by atoms with Crippen molar-refractivity contribution in [3.8, 4) is 0 Å². The number of allylic oxidation sites excluding steroid dienone is 2. The van der Waals surface area contributed by atoms with Crippen molar-refractivity contribution in [2.75, 3.05) is 0 Å². The predicted molar refractivity (Wildman–Crippen MR) is 63.6 cm³/mol. The number of amides is 1. The normalized spacial score (nSPS) is 18.4. The third-order valence-corrected chi connectivity index (χ3v) is 2.73. The summed E-state index contributed by atoms with van der Waals surface area (Å²) >= 11 is 0.864. The van der Waals surface area contributed by atoms with E-state index >= 15 is 0 Å². The Bertz CT molecular complexity index is 489. The highest BCUT2D eigenvalue weighted by molar-refractivity contribution is 8.17. The van der Waals surface area contributed by atoms with Crippen molar-refractivity contribution in [1.82, 2.24) is 0 Å². The first-order valence-corrected chi connectivity index (χ1v) is 5.48. The maximum atomic E-state index is 11.1. The summed E-state index contributed by atoms with van der Waals surface area (Å²) in [6.45, 7) is 0. The van der Waals surface area contributed by atoms with Gasteiger partial charge in [0.25, 0.3) is 5.91 Å². The molecule has 1 heterocycles. The van der Waals surface area contributed by atoms with Gasteiger partial charge >= 0.3 is 0 Å². The summed E-state index contributed by atoms with van der Waals surface area (Å²) in [5.74, 6) is -0.451. The molecule has 0 aromatic heterocycles. The molecule has 0 radical (unpaired) electrons. The topological polar surface area (TPSA) is 52.5 Å². The van der Waals surface area contributed by atoms with Gasteiger partial charge in [0.1, 0.15) is 0 Å². The molecule has 1 aliphatic rings. The van der Waals surface area contributed by atoms with E-state index in [1.165, 1.54) is 0 Å². The summed E-state index contributed by atoms with van der Waals surface area (Å²) in [6, 6.07) is 9.70. The number of carbonyl (C=O) groups excluding carboxylic acids is 1. The smallest absolute Gasteiger partial charge is 0.283 e. The van der Waals surface area contributed by atoms with E-state index in [2.05, 4.69) is 4.99 Å². The lowest BCUT2D eigenvalue weighted by Crippen LogP contribution is -2.08. The van der Waals surface area contributed by atoms with E-state index in [-0.39, 0.29) is 0 Å². The molecule has 0 aliphatic carbocycles. The molecule has 0 bridgehead atoms. The van der Waals surface area contributed by atoms with Crippen LogP contribution in [0.25, 0.3) is 6.08 Å². The minimum absolute atomic E-state index is 0.372. The molecule has 3 nitrogen and oxygen atoms in total. The molecule has 2 rings (SSSR count). The molecule has 4 heteroatoms. The number of thioether (sulfide) groups is 1. The van der Waals surface area contributed by atoms with Crippen molar-refractivity contribution in [2.24, 2.45) is 4.99 Å². The molecule has 0 saturated carbocycles. The monoisotopic (exact) mass is 230 g/mol. The number of nitrogens with zero attached hydrogens (tertiary/aromatic N) is 1. The van der Waals surface area contributed by atoms with Gasteiger partial charge in [0.05, 0.1) is 4.91 Å². The maximum absolute atomic E-state index is 11.1. The summed E-state index contributed by atoms with van der Waals surface area (Å²) in [5.41, 5.74) is 1.04. The molecular formula is C12H8NO2S-.